The van der Waals surface area contributed by atoms with E-state index in [0.717, 1.165) is 4.57 Å². The number of benzene rings is 2. The molecule has 1 aliphatic heterocycles. The lowest BCUT2D eigenvalue weighted by molar-refractivity contribution is -0.164. The number of imidazole rings is 1. The Morgan fingerprint density at radius 3 is 2.38 bits per heavy atom. The lowest BCUT2D eigenvalue weighted by atomic mass is 10.1. The van der Waals surface area contributed by atoms with Gasteiger partial charge in [-0.05, 0) is 12.1 Å². The number of ether oxygens (including phenoxy) is 2. The standard InChI is InChI=1S/C22H20F3N3O4/c23-22(24,25)21-26-16-8-4-5-9-17(16)28(21)14-18(29)32-19(15-6-2-1-3-7-15)20(30)27-10-12-31-13-11-27/h1-9,19H,10-14H2/t19-/m1/s1. The van der Waals surface area contributed by atoms with Crippen LogP contribution in [0.3, 0.4) is 0 Å². The topological polar surface area (TPSA) is 73.7 Å². The van der Waals surface area contributed by atoms with E-state index in [9.17, 15) is 22.8 Å². The highest BCUT2D eigenvalue weighted by Crippen LogP contribution is 2.32. The minimum absolute atomic E-state index is 0.108. The van der Waals surface area contributed by atoms with Gasteiger partial charge in [-0.1, -0.05) is 42.5 Å². The van der Waals surface area contributed by atoms with Crippen LogP contribution in [0.25, 0.3) is 11.0 Å². The van der Waals surface area contributed by atoms with Crippen molar-refractivity contribution in [1.82, 2.24) is 14.5 Å². The first-order valence-electron chi connectivity index (χ1n) is 9.98. The van der Waals surface area contributed by atoms with Crippen molar-refractivity contribution in [2.45, 2.75) is 18.8 Å². The molecule has 1 amide bonds. The molecule has 168 valence electrons. The zero-order valence-electron chi connectivity index (χ0n) is 16.9. The molecule has 0 unspecified atom stereocenters. The Labute approximate surface area is 181 Å². The van der Waals surface area contributed by atoms with E-state index in [1.165, 1.54) is 17.0 Å². The number of esters is 1. The largest absolute Gasteiger partial charge is 0.449 e. The molecule has 10 heteroatoms. The van der Waals surface area contributed by atoms with Crippen LogP contribution in [0.4, 0.5) is 13.2 Å². The Bertz CT molecular complexity index is 1110. The van der Waals surface area contributed by atoms with Gasteiger partial charge in [-0.15, -0.1) is 0 Å². The van der Waals surface area contributed by atoms with Crippen molar-refractivity contribution >= 4 is 22.9 Å². The summed E-state index contributed by atoms with van der Waals surface area (Å²) in [5.41, 5.74) is 0.688. The number of hydrogen-bond acceptors (Lipinski definition) is 5. The van der Waals surface area contributed by atoms with Crippen LogP contribution >= 0.6 is 0 Å². The second kappa shape index (κ2) is 8.99. The number of carbonyl (C=O) groups is 2. The molecule has 0 radical (unpaired) electrons. The van der Waals surface area contributed by atoms with Gasteiger partial charge in [0.2, 0.25) is 11.9 Å². The van der Waals surface area contributed by atoms with Gasteiger partial charge in [-0.2, -0.15) is 13.2 Å². The quantitative estimate of drug-likeness (QED) is 0.562. The van der Waals surface area contributed by atoms with E-state index < -0.39 is 36.5 Å². The van der Waals surface area contributed by atoms with E-state index >= 15 is 0 Å². The zero-order valence-corrected chi connectivity index (χ0v) is 16.9. The number of morpholine rings is 1. The first-order valence-corrected chi connectivity index (χ1v) is 9.98. The molecule has 2 aromatic carbocycles. The molecule has 7 nitrogen and oxygen atoms in total. The summed E-state index contributed by atoms with van der Waals surface area (Å²) in [7, 11) is 0. The third-order valence-electron chi connectivity index (χ3n) is 5.09. The zero-order chi connectivity index (χ0) is 22.7. The van der Waals surface area contributed by atoms with E-state index in [4.69, 9.17) is 9.47 Å². The maximum atomic E-state index is 13.5. The molecule has 3 aromatic rings. The molecule has 0 N–H and O–H groups in total. The number of halogens is 3. The van der Waals surface area contributed by atoms with E-state index in [0.29, 0.717) is 31.9 Å². The predicted octanol–water partition coefficient (Wildman–Crippen LogP) is 3.20. The number of carbonyl (C=O) groups excluding carboxylic acids is 2. The Morgan fingerprint density at radius 1 is 1.03 bits per heavy atom. The van der Waals surface area contributed by atoms with E-state index in [1.807, 2.05) is 0 Å². The second-order valence-corrected chi connectivity index (χ2v) is 7.23. The van der Waals surface area contributed by atoms with Crippen LogP contribution in [0.1, 0.15) is 17.5 Å². The van der Waals surface area contributed by atoms with Gasteiger partial charge in [0.1, 0.15) is 6.54 Å². The summed E-state index contributed by atoms with van der Waals surface area (Å²) in [5.74, 6) is -2.63. The maximum Gasteiger partial charge on any atom is 0.449 e. The summed E-state index contributed by atoms with van der Waals surface area (Å²) < 4.78 is 52.1. The number of rotatable bonds is 5. The summed E-state index contributed by atoms with van der Waals surface area (Å²) in [6, 6.07) is 14.4. The Hall–Kier alpha value is -3.40. The average Bonchev–Trinajstić information content (AvgIpc) is 3.17. The van der Waals surface area contributed by atoms with Crippen molar-refractivity contribution in [2.75, 3.05) is 26.3 Å². The normalized spacial score (nSPS) is 15.5. The summed E-state index contributed by atoms with van der Waals surface area (Å²) in [6.07, 6.45) is -6.03. The Balaban J connectivity index is 1.61. The number of amides is 1. The fourth-order valence-corrected chi connectivity index (χ4v) is 3.59. The van der Waals surface area contributed by atoms with Crippen LogP contribution in [0.15, 0.2) is 54.6 Å². The summed E-state index contributed by atoms with van der Waals surface area (Å²) in [4.78, 5) is 31.0. The molecule has 1 aliphatic rings. The third kappa shape index (κ3) is 4.59. The van der Waals surface area contributed by atoms with Crippen molar-refractivity contribution in [1.29, 1.82) is 0 Å². The SMILES string of the molecule is O=C(Cn1c(C(F)(F)F)nc2ccccc21)O[C@@H](C(=O)N1CCOCC1)c1ccccc1. The van der Waals surface area contributed by atoms with Crippen LogP contribution in [0.5, 0.6) is 0 Å². The number of alkyl halides is 3. The van der Waals surface area contributed by atoms with Crippen molar-refractivity contribution in [3.8, 4) is 0 Å². The monoisotopic (exact) mass is 447 g/mol. The van der Waals surface area contributed by atoms with Gasteiger partial charge in [0.15, 0.2) is 0 Å². The fourth-order valence-electron chi connectivity index (χ4n) is 3.59. The van der Waals surface area contributed by atoms with Gasteiger partial charge in [-0.3, -0.25) is 9.59 Å². The molecule has 1 atom stereocenters. The highest BCUT2D eigenvalue weighted by atomic mass is 19.4. The van der Waals surface area contributed by atoms with Gasteiger partial charge in [0.05, 0.1) is 24.2 Å². The highest BCUT2D eigenvalue weighted by Gasteiger charge is 2.38. The molecule has 2 heterocycles. The number of nitrogens with zero attached hydrogens (tertiary/aromatic N) is 3. The van der Waals surface area contributed by atoms with Gasteiger partial charge in [0.25, 0.3) is 5.91 Å². The predicted molar refractivity (Wildman–Crippen MR) is 107 cm³/mol. The first-order chi connectivity index (χ1) is 15.3. The van der Waals surface area contributed by atoms with Crippen LogP contribution in [-0.4, -0.2) is 52.6 Å². The molecule has 4 rings (SSSR count). The minimum atomic E-state index is -4.76. The van der Waals surface area contributed by atoms with Gasteiger partial charge < -0.3 is 18.9 Å². The molecule has 0 saturated carbocycles. The third-order valence-corrected chi connectivity index (χ3v) is 5.09. The summed E-state index contributed by atoms with van der Waals surface area (Å²) >= 11 is 0. The first kappa shape index (κ1) is 21.8. The highest BCUT2D eigenvalue weighted by molar-refractivity contribution is 5.86. The van der Waals surface area contributed by atoms with Gasteiger partial charge in [-0.25, -0.2) is 4.98 Å². The Kier molecular flexibility index (Phi) is 6.13. The number of aromatic nitrogens is 2. The smallest absolute Gasteiger partial charge is 0.446 e. The molecular formula is C22H20F3N3O4. The fraction of sp³-hybridized carbons (Fsp3) is 0.318. The van der Waals surface area contributed by atoms with Gasteiger partial charge >= 0.3 is 12.1 Å². The molecule has 0 aliphatic carbocycles. The summed E-state index contributed by atoms with van der Waals surface area (Å²) in [5, 5.41) is 0. The van der Waals surface area contributed by atoms with Crippen LogP contribution in [0, 0.1) is 0 Å². The number of hydrogen-bond donors (Lipinski definition) is 0. The molecule has 1 aromatic heterocycles. The molecular weight excluding hydrogens is 427 g/mol. The summed E-state index contributed by atoms with van der Waals surface area (Å²) in [6.45, 7) is 0.650. The Morgan fingerprint density at radius 2 is 1.69 bits per heavy atom. The molecule has 1 fully saturated rings. The lowest BCUT2D eigenvalue weighted by Gasteiger charge is -2.30. The molecule has 1 saturated heterocycles. The van der Waals surface area contributed by atoms with Crippen molar-refractivity contribution < 1.29 is 32.2 Å². The van der Waals surface area contributed by atoms with Gasteiger partial charge in [0, 0.05) is 18.7 Å². The number of para-hydroxylation sites is 2. The lowest BCUT2D eigenvalue weighted by Crippen LogP contribution is -2.44. The van der Waals surface area contributed by atoms with Crippen LogP contribution in [-0.2, 0) is 31.8 Å². The molecule has 0 bridgehead atoms. The van der Waals surface area contributed by atoms with E-state index in [2.05, 4.69) is 4.98 Å². The van der Waals surface area contributed by atoms with E-state index in [-0.39, 0.29) is 11.0 Å². The molecule has 0 spiro atoms. The molecule has 32 heavy (non-hydrogen) atoms. The minimum Gasteiger partial charge on any atom is -0.446 e. The van der Waals surface area contributed by atoms with Crippen LogP contribution < -0.4 is 0 Å². The number of fused-ring (bicyclic) bond motifs is 1. The van der Waals surface area contributed by atoms with Crippen LogP contribution in [0.2, 0.25) is 0 Å². The van der Waals surface area contributed by atoms with Crippen molar-refractivity contribution in [3.63, 3.8) is 0 Å². The maximum absolute atomic E-state index is 13.5. The van der Waals surface area contributed by atoms with E-state index in [1.54, 1.807) is 42.5 Å². The average molecular weight is 447 g/mol. The van der Waals surface area contributed by atoms with Crippen molar-refractivity contribution in [3.05, 3.63) is 66.0 Å². The van der Waals surface area contributed by atoms with Crippen molar-refractivity contribution in [2.24, 2.45) is 0 Å². The second-order valence-electron chi connectivity index (χ2n) is 7.23.